The fourth-order valence-electron chi connectivity index (χ4n) is 1.29. The largest absolute Gasteiger partial charge is 0.464 e. The van der Waals surface area contributed by atoms with Crippen molar-refractivity contribution in [3.05, 3.63) is 32.7 Å². The lowest BCUT2D eigenvalue weighted by atomic mass is 10.3. The normalized spacial score (nSPS) is 10.8. The van der Waals surface area contributed by atoms with Crippen molar-refractivity contribution in [1.82, 2.24) is 9.55 Å². The van der Waals surface area contributed by atoms with Gasteiger partial charge in [0.15, 0.2) is 0 Å². The highest BCUT2D eigenvalue weighted by Crippen LogP contribution is 2.26. The molecule has 0 unspecified atom stereocenters. The van der Waals surface area contributed by atoms with Crippen molar-refractivity contribution in [3.8, 4) is 0 Å². The lowest BCUT2D eigenvalue weighted by molar-refractivity contribution is 0.196. The second-order valence-corrected chi connectivity index (χ2v) is 3.65. The third-order valence-electron chi connectivity index (χ3n) is 1.92. The number of imidazole rings is 1. The lowest BCUT2D eigenvalue weighted by Crippen LogP contribution is -2.22. The molecular weight excluding hydrogens is 243 g/mol. The second kappa shape index (κ2) is 3.29. The first kappa shape index (κ1) is 10.1. The van der Waals surface area contributed by atoms with Crippen molar-refractivity contribution >= 4 is 40.3 Å². The van der Waals surface area contributed by atoms with Gasteiger partial charge in [0.1, 0.15) is 0 Å². The van der Waals surface area contributed by atoms with Crippen molar-refractivity contribution in [2.75, 3.05) is 0 Å². The first-order valence-electron chi connectivity index (χ1n) is 3.84. The molecule has 0 radical (unpaired) electrons. The van der Waals surface area contributed by atoms with Gasteiger partial charge in [-0.2, -0.15) is 4.57 Å². The molecule has 0 amide bonds. The van der Waals surface area contributed by atoms with Gasteiger partial charge in [-0.1, -0.05) is 23.2 Å². The summed E-state index contributed by atoms with van der Waals surface area (Å²) in [7, 11) is 0. The number of nitrogens with zero attached hydrogens (tertiary/aromatic N) is 1. The van der Waals surface area contributed by atoms with E-state index in [4.69, 9.17) is 28.3 Å². The van der Waals surface area contributed by atoms with Crippen molar-refractivity contribution < 1.29 is 9.90 Å². The average molecular weight is 247 g/mol. The topological polar surface area (TPSA) is 75.1 Å². The van der Waals surface area contributed by atoms with E-state index in [1.54, 1.807) is 0 Å². The standard InChI is InChI=1S/C8H4Cl2N2O3/c9-3-1-5-6(2-4(3)10)12(8(14)15)7(13)11-5/h1-2H,(H,11,13)(H,14,15). The maximum atomic E-state index is 11.2. The van der Waals surface area contributed by atoms with Crippen LogP contribution in [0.5, 0.6) is 0 Å². The van der Waals surface area contributed by atoms with Crippen LogP contribution in [0.2, 0.25) is 10.0 Å². The zero-order valence-corrected chi connectivity index (χ0v) is 8.63. The predicted octanol–water partition coefficient (Wildman–Crippen LogP) is 2.16. The van der Waals surface area contributed by atoms with Gasteiger partial charge in [-0.3, -0.25) is 0 Å². The van der Waals surface area contributed by atoms with E-state index in [0.29, 0.717) is 10.1 Å². The Morgan fingerprint density at radius 1 is 1.33 bits per heavy atom. The number of benzene rings is 1. The van der Waals surface area contributed by atoms with Crippen LogP contribution in [-0.4, -0.2) is 20.8 Å². The summed E-state index contributed by atoms with van der Waals surface area (Å²) in [5.74, 6) is 0. The van der Waals surface area contributed by atoms with Crippen LogP contribution in [0, 0.1) is 0 Å². The molecular formula is C8H4Cl2N2O3. The third kappa shape index (κ3) is 1.49. The highest BCUT2D eigenvalue weighted by Gasteiger charge is 2.13. The number of hydrogen-bond donors (Lipinski definition) is 2. The van der Waals surface area contributed by atoms with E-state index in [1.165, 1.54) is 12.1 Å². The summed E-state index contributed by atoms with van der Waals surface area (Å²) < 4.78 is 0.567. The zero-order valence-electron chi connectivity index (χ0n) is 7.12. The summed E-state index contributed by atoms with van der Waals surface area (Å²) in [6, 6.07) is 2.73. The lowest BCUT2D eigenvalue weighted by Gasteiger charge is -1.97. The van der Waals surface area contributed by atoms with E-state index in [1.807, 2.05) is 0 Å². The number of carboxylic acid groups (broad SMARTS) is 1. The number of H-pyrrole nitrogens is 1. The maximum Gasteiger partial charge on any atom is 0.420 e. The van der Waals surface area contributed by atoms with Crippen LogP contribution in [0.3, 0.4) is 0 Å². The summed E-state index contributed by atoms with van der Waals surface area (Å²) in [5.41, 5.74) is -0.227. The van der Waals surface area contributed by atoms with Crippen LogP contribution in [0.15, 0.2) is 16.9 Å². The van der Waals surface area contributed by atoms with E-state index in [9.17, 15) is 9.59 Å². The van der Waals surface area contributed by atoms with Crippen LogP contribution in [0.4, 0.5) is 4.79 Å². The second-order valence-electron chi connectivity index (χ2n) is 2.83. The highest BCUT2D eigenvalue weighted by atomic mass is 35.5. The van der Waals surface area contributed by atoms with Crippen molar-refractivity contribution in [1.29, 1.82) is 0 Å². The number of halogens is 2. The molecule has 7 heteroatoms. The number of aromatic amines is 1. The zero-order chi connectivity index (χ0) is 11.2. The van der Waals surface area contributed by atoms with Gasteiger partial charge in [0.05, 0.1) is 21.1 Å². The van der Waals surface area contributed by atoms with E-state index in [-0.39, 0.29) is 15.6 Å². The predicted molar refractivity (Wildman–Crippen MR) is 56.0 cm³/mol. The number of hydrogen-bond acceptors (Lipinski definition) is 2. The molecule has 0 saturated carbocycles. The molecule has 1 aromatic carbocycles. The summed E-state index contributed by atoms with van der Waals surface area (Å²) in [6.07, 6.45) is -1.37. The van der Waals surface area contributed by atoms with Crippen LogP contribution in [0.1, 0.15) is 0 Å². The highest BCUT2D eigenvalue weighted by molar-refractivity contribution is 6.42. The minimum atomic E-state index is -1.37. The molecule has 0 aliphatic rings. The first-order valence-corrected chi connectivity index (χ1v) is 4.59. The molecule has 0 fully saturated rings. The van der Waals surface area contributed by atoms with E-state index in [2.05, 4.69) is 4.98 Å². The van der Waals surface area contributed by atoms with Gasteiger partial charge in [0.2, 0.25) is 0 Å². The molecule has 0 bridgehead atoms. The molecule has 1 aromatic heterocycles. The minimum Gasteiger partial charge on any atom is -0.464 e. The number of aromatic nitrogens is 2. The summed E-state index contributed by atoms with van der Waals surface area (Å²) in [5, 5.41) is 9.23. The van der Waals surface area contributed by atoms with Crippen molar-refractivity contribution in [2.45, 2.75) is 0 Å². The Balaban J connectivity index is 2.94. The number of carbonyl (C=O) groups is 1. The Morgan fingerprint density at radius 2 is 1.93 bits per heavy atom. The molecule has 15 heavy (non-hydrogen) atoms. The van der Waals surface area contributed by atoms with Crippen LogP contribution >= 0.6 is 23.2 Å². The molecule has 0 spiro atoms. The molecule has 78 valence electrons. The Kier molecular flexibility index (Phi) is 2.21. The Labute approximate surface area is 92.8 Å². The van der Waals surface area contributed by atoms with E-state index >= 15 is 0 Å². The van der Waals surface area contributed by atoms with Gasteiger partial charge < -0.3 is 10.1 Å². The maximum absolute atomic E-state index is 11.2. The monoisotopic (exact) mass is 246 g/mol. The Hall–Kier alpha value is -1.46. The minimum absolute atomic E-state index is 0.182. The van der Waals surface area contributed by atoms with Gasteiger partial charge in [-0.05, 0) is 12.1 Å². The SMILES string of the molecule is O=C(O)n1c(=O)[nH]c2cc(Cl)c(Cl)cc21. The van der Waals surface area contributed by atoms with Gasteiger partial charge in [0, 0.05) is 0 Å². The van der Waals surface area contributed by atoms with Gasteiger partial charge in [-0.25, -0.2) is 9.59 Å². The number of nitrogens with one attached hydrogen (secondary N) is 1. The summed E-state index contributed by atoms with van der Waals surface area (Å²) >= 11 is 11.4. The van der Waals surface area contributed by atoms with Gasteiger partial charge in [-0.15, -0.1) is 0 Å². The Morgan fingerprint density at radius 3 is 2.53 bits per heavy atom. The van der Waals surface area contributed by atoms with Gasteiger partial charge in [0.25, 0.3) is 0 Å². The quantitative estimate of drug-likeness (QED) is 0.748. The Bertz CT molecular complexity index is 614. The molecule has 2 N–H and O–H groups in total. The number of fused-ring (bicyclic) bond motifs is 1. The molecule has 1 heterocycles. The summed E-state index contributed by atoms with van der Waals surface area (Å²) in [4.78, 5) is 24.4. The summed E-state index contributed by atoms with van der Waals surface area (Å²) in [6.45, 7) is 0. The molecule has 0 atom stereocenters. The fourth-order valence-corrected chi connectivity index (χ4v) is 1.61. The van der Waals surface area contributed by atoms with E-state index < -0.39 is 11.8 Å². The number of rotatable bonds is 0. The molecule has 2 rings (SSSR count). The molecule has 0 aliphatic carbocycles. The van der Waals surface area contributed by atoms with Gasteiger partial charge >= 0.3 is 11.8 Å². The van der Waals surface area contributed by atoms with Crippen LogP contribution in [0.25, 0.3) is 11.0 Å². The molecule has 5 nitrogen and oxygen atoms in total. The van der Waals surface area contributed by atoms with E-state index in [0.717, 1.165) is 0 Å². The van der Waals surface area contributed by atoms with Crippen molar-refractivity contribution in [2.24, 2.45) is 0 Å². The molecule has 0 saturated heterocycles. The average Bonchev–Trinajstić information content (AvgIpc) is 2.41. The fraction of sp³-hybridized carbons (Fsp3) is 0. The first-order chi connectivity index (χ1) is 7.00. The third-order valence-corrected chi connectivity index (χ3v) is 2.64. The molecule has 0 aliphatic heterocycles. The van der Waals surface area contributed by atoms with Crippen molar-refractivity contribution in [3.63, 3.8) is 0 Å². The van der Waals surface area contributed by atoms with Crippen LogP contribution in [-0.2, 0) is 0 Å². The molecule has 2 aromatic rings. The smallest absolute Gasteiger partial charge is 0.420 e. The van der Waals surface area contributed by atoms with Crippen LogP contribution < -0.4 is 5.69 Å².